The highest BCUT2D eigenvalue weighted by Gasteiger charge is 2.03. The first-order valence-corrected chi connectivity index (χ1v) is 8.72. The molecule has 0 fully saturated rings. The van der Waals surface area contributed by atoms with Gasteiger partial charge in [-0.25, -0.2) is 0 Å². The van der Waals surface area contributed by atoms with Crippen LogP contribution in [0.5, 0.6) is 17.2 Å². The maximum Gasteiger partial charge on any atom is 0.161 e. The lowest BCUT2D eigenvalue weighted by molar-refractivity contribution is 0.355. The van der Waals surface area contributed by atoms with Crippen LogP contribution in [0.15, 0.2) is 66.7 Å². The zero-order valence-corrected chi connectivity index (χ0v) is 16.1. The van der Waals surface area contributed by atoms with Gasteiger partial charge in [0.05, 0.1) is 21.3 Å². The Hall–Kier alpha value is -3.82. The molecule has 28 heavy (non-hydrogen) atoms. The van der Waals surface area contributed by atoms with E-state index in [-0.39, 0.29) is 0 Å². The van der Waals surface area contributed by atoms with E-state index in [2.05, 4.69) is 23.7 Å². The molecule has 3 nitrogen and oxygen atoms in total. The van der Waals surface area contributed by atoms with Crippen LogP contribution < -0.4 is 14.2 Å². The normalized spacial score (nSPS) is 9.39. The van der Waals surface area contributed by atoms with Gasteiger partial charge in [0.1, 0.15) is 5.75 Å². The lowest BCUT2D eigenvalue weighted by atomic mass is 10.1. The Morgan fingerprint density at radius 2 is 1.11 bits per heavy atom. The van der Waals surface area contributed by atoms with E-state index in [1.807, 2.05) is 66.7 Å². The first-order chi connectivity index (χ1) is 13.7. The molecule has 0 saturated carbocycles. The van der Waals surface area contributed by atoms with Gasteiger partial charge in [-0.15, -0.1) is 0 Å². The Kier molecular flexibility index (Phi) is 6.24. The van der Waals surface area contributed by atoms with E-state index in [1.165, 1.54) is 0 Å². The molecule has 0 bridgehead atoms. The molecule has 0 N–H and O–H groups in total. The van der Waals surface area contributed by atoms with Crippen molar-refractivity contribution in [2.24, 2.45) is 0 Å². The summed E-state index contributed by atoms with van der Waals surface area (Å²) in [5.74, 6) is 14.9. The van der Waals surface area contributed by atoms with Crippen molar-refractivity contribution in [2.45, 2.75) is 0 Å². The van der Waals surface area contributed by atoms with Crippen molar-refractivity contribution >= 4 is 0 Å². The van der Waals surface area contributed by atoms with Gasteiger partial charge in [0.25, 0.3) is 0 Å². The summed E-state index contributed by atoms with van der Waals surface area (Å²) in [6.07, 6.45) is 0. The molecule has 0 aliphatic carbocycles. The minimum atomic E-state index is 0.655. The largest absolute Gasteiger partial charge is 0.497 e. The summed E-state index contributed by atoms with van der Waals surface area (Å²) >= 11 is 0. The lowest BCUT2D eigenvalue weighted by Gasteiger charge is -2.06. The summed E-state index contributed by atoms with van der Waals surface area (Å²) in [5.41, 5.74) is 3.52. The summed E-state index contributed by atoms with van der Waals surface area (Å²) in [6.45, 7) is 0. The van der Waals surface area contributed by atoms with E-state index in [1.54, 1.807) is 21.3 Å². The average molecular weight is 368 g/mol. The number of methoxy groups -OCH3 is 3. The fourth-order valence-electron chi connectivity index (χ4n) is 2.57. The van der Waals surface area contributed by atoms with Crippen molar-refractivity contribution < 1.29 is 14.2 Å². The number of hydrogen-bond acceptors (Lipinski definition) is 3. The predicted molar refractivity (Wildman–Crippen MR) is 111 cm³/mol. The molecular weight excluding hydrogens is 348 g/mol. The highest BCUT2D eigenvalue weighted by Crippen LogP contribution is 2.27. The minimum absolute atomic E-state index is 0.655. The molecule has 0 heterocycles. The van der Waals surface area contributed by atoms with Gasteiger partial charge in [-0.3, -0.25) is 0 Å². The van der Waals surface area contributed by atoms with Gasteiger partial charge in [0.2, 0.25) is 0 Å². The first kappa shape index (κ1) is 19.0. The second kappa shape index (κ2) is 9.21. The van der Waals surface area contributed by atoms with Crippen LogP contribution in [0.2, 0.25) is 0 Å². The van der Waals surface area contributed by atoms with Crippen molar-refractivity contribution in [1.82, 2.24) is 0 Å². The molecule has 138 valence electrons. The van der Waals surface area contributed by atoms with Gasteiger partial charge in [-0.2, -0.15) is 0 Å². The van der Waals surface area contributed by atoms with Crippen LogP contribution in [-0.4, -0.2) is 21.3 Å². The quantitative estimate of drug-likeness (QED) is 0.637. The van der Waals surface area contributed by atoms with E-state index in [0.29, 0.717) is 11.5 Å². The molecule has 0 aromatic heterocycles. The molecule has 0 radical (unpaired) electrons. The van der Waals surface area contributed by atoms with Crippen LogP contribution in [0.3, 0.4) is 0 Å². The third kappa shape index (κ3) is 4.67. The smallest absolute Gasteiger partial charge is 0.161 e. The van der Waals surface area contributed by atoms with E-state index in [0.717, 1.165) is 28.0 Å². The molecule has 0 saturated heterocycles. The Labute approximate surface area is 165 Å². The molecule has 0 spiro atoms. The molecular formula is C25H20O3. The summed E-state index contributed by atoms with van der Waals surface area (Å²) in [7, 11) is 4.87. The Morgan fingerprint density at radius 1 is 0.536 bits per heavy atom. The van der Waals surface area contributed by atoms with Crippen LogP contribution in [0.25, 0.3) is 0 Å². The first-order valence-electron chi connectivity index (χ1n) is 8.72. The third-order valence-corrected chi connectivity index (χ3v) is 4.08. The second-order valence-corrected chi connectivity index (χ2v) is 5.84. The Morgan fingerprint density at radius 3 is 1.68 bits per heavy atom. The van der Waals surface area contributed by atoms with Gasteiger partial charge >= 0.3 is 0 Å². The van der Waals surface area contributed by atoms with Gasteiger partial charge in [0, 0.05) is 22.3 Å². The maximum absolute atomic E-state index is 5.33. The SMILES string of the molecule is COc1ccc(C#Cc2ccccc2C#Cc2ccc(OC)c(OC)c2)cc1. The fraction of sp³-hybridized carbons (Fsp3) is 0.120. The predicted octanol–water partition coefficient (Wildman–Crippen LogP) is 4.51. The number of benzene rings is 3. The van der Waals surface area contributed by atoms with E-state index >= 15 is 0 Å². The van der Waals surface area contributed by atoms with Crippen molar-refractivity contribution in [3.8, 4) is 40.9 Å². The fourth-order valence-corrected chi connectivity index (χ4v) is 2.57. The Balaban J connectivity index is 1.88. The highest BCUT2D eigenvalue weighted by molar-refractivity contribution is 5.56. The van der Waals surface area contributed by atoms with E-state index in [4.69, 9.17) is 14.2 Å². The second-order valence-electron chi connectivity index (χ2n) is 5.84. The van der Waals surface area contributed by atoms with Gasteiger partial charge in [-0.05, 0) is 54.6 Å². The summed E-state index contributed by atoms with van der Waals surface area (Å²) in [6, 6.07) is 21.1. The van der Waals surface area contributed by atoms with Crippen LogP contribution in [-0.2, 0) is 0 Å². The third-order valence-electron chi connectivity index (χ3n) is 4.08. The molecule has 3 aromatic carbocycles. The van der Waals surface area contributed by atoms with Crippen molar-refractivity contribution in [3.63, 3.8) is 0 Å². The lowest BCUT2D eigenvalue weighted by Crippen LogP contribution is -1.90. The molecule has 0 amide bonds. The average Bonchev–Trinajstić information content (AvgIpc) is 2.76. The zero-order valence-electron chi connectivity index (χ0n) is 16.1. The molecule has 3 heteroatoms. The standard InChI is InChI=1S/C25H20O3/c1-26-23-15-10-19(11-16-23)8-13-21-6-4-5-7-22(21)14-9-20-12-17-24(27-2)25(18-20)28-3/h4-7,10-12,15-18H,1-3H3. The van der Waals surface area contributed by atoms with Crippen molar-refractivity contribution in [3.05, 3.63) is 89.0 Å². The van der Waals surface area contributed by atoms with Crippen LogP contribution in [0.4, 0.5) is 0 Å². The van der Waals surface area contributed by atoms with Crippen LogP contribution in [0.1, 0.15) is 22.3 Å². The van der Waals surface area contributed by atoms with E-state index in [9.17, 15) is 0 Å². The Bertz CT molecular complexity index is 1070. The summed E-state index contributed by atoms with van der Waals surface area (Å²) in [5, 5.41) is 0. The number of hydrogen-bond donors (Lipinski definition) is 0. The summed E-state index contributed by atoms with van der Waals surface area (Å²) < 4.78 is 15.8. The molecule has 0 aliphatic rings. The van der Waals surface area contributed by atoms with E-state index < -0.39 is 0 Å². The van der Waals surface area contributed by atoms with Gasteiger partial charge in [0.15, 0.2) is 11.5 Å². The molecule has 0 unspecified atom stereocenters. The number of rotatable bonds is 3. The van der Waals surface area contributed by atoms with Crippen molar-refractivity contribution in [1.29, 1.82) is 0 Å². The highest BCUT2D eigenvalue weighted by atomic mass is 16.5. The maximum atomic E-state index is 5.33. The van der Waals surface area contributed by atoms with Gasteiger partial charge in [-0.1, -0.05) is 35.8 Å². The van der Waals surface area contributed by atoms with Crippen LogP contribution >= 0.6 is 0 Å². The topological polar surface area (TPSA) is 27.7 Å². The van der Waals surface area contributed by atoms with Crippen LogP contribution in [0, 0.1) is 23.7 Å². The monoisotopic (exact) mass is 368 g/mol. The van der Waals surface area contributed by atoms with Gasteiger partial charge < -0.3 is 14.2 Å². The molecule has 0 aliphatic heterocycles. The number of ether oxygens (including phenoxy) is 3. The van der Waals surface area contributed by atoms with Crippen molar-refractivity contribution in [2.75, 3.05) is 21.3 Å². The molecule has 0 atom stereocenters. The zero-order chi connectivity index (χ0) is 19.8. The minimum Gasteiger partial charge on any atom is -0.497 e. The molecule has 3 aromatic rings. The molecule has 3 rings (SSSR count). The summed E-state index contributed by atoms with van der Waals surface area (Å²) in [4.78, 5) is 0.